The highest BCUT2D eigenvalue weighted by molar-refractivity contribution is 5.94. The zero-order valence-corrected chi connectivity index (χ0v) is 17.8. The Hall–Kier alpha value is -3.75. The van der Waals surface area contributed by atoms with E-state index in [0.717, 1.165) is 0 Å². The van der Waals surface area contributed by atoms with Gasteiger partial charge in [-0.3, -0.25) is 28.8 Å². The molecule has 3 amide bonds. The third kappa shape index (κ3) is 12.6. The average molecular weight is 476 g/mol. The molecule has 0 fully saturated rings. The zero-order valence-electron chi connectivity index (χ0n) is 17.8. The van der Waals surface area contributed by atoms with Gasteiger partial charge in [-0.2, -0.15) is 0 Å². The molecule has 0 spiro atoms. The number of carbonyl (C=O) groups excluding carboxylic acids is 3. The lowest BCUT2D eigenvalue weighted by Crippen LogP contribution is -2.56. The fourth-order valence-corrected chi connectivity index (χ4v) is 2.43. The van der Waals surface area contributed by atoms with Gasteiger partial charge in [-0.15, -0.1) is 0 Å². The maximum atomic E-state index is 12.5. The van der Waals surface area contributed by atoms with Crippen molar-refractivity contribution in [2.75, 3.05) is 0 Å². The monoisotopic (exact) mass is 476 g/mol. The van der Waals surface area contributed by atoms with E-state index in [4.69, 9.17) is 26.2 Å². The maximum absolute atomic E-state index is 12.5. The van der Waals surface area contributed by atoms with Gasteiger partial charge in [-0.1, -0.05) is 0 Å². The van der Waals surface area contributed by atoms with Crippen molar-refractivity contribution in [2.45, 2.75) is 69.6 Å². The largest absolute Gasteiger partial charge is 0.481 e. The van der Waals surface area contributed by atoms with Gasteiger partial charge in [0.15, 0.2) is 0 Å². The van der Waals surface area contributed by atoms with E-state index in [9.17, 15) is 33.6 Å². The fraction of sp³-hybridized carbons (Fsp3) is 0.611. The molecule has 0 aliphatic rings. The number of carboxylic acid groups (broad SMARTS) is 4. The van der Waals surface area contributed by atoms with E-state index in [1.165, 1.54) is 6.92 Å². The molecule has 0 heterocycles. The fourth-order valence-electron chi connectivity index (χ4n) is 2.43. The summed E-state index contributed by atoms with van der Waals surface area (Å²) in [7, 11) is 0. The Bertz CT molecular complexity index is 770. The lowest BCUT2D eigenvalue weighted by atomic mass is 10.1. The second-order valence-electron chi connectivity index (χ2n) is 7.09. The highest BCUT2D eigenvalue weighted by atomic mass is 16.4. The molecule has 0 aliphatic heterocycles. The van der Waals surface area contributed by atoms with E-state index in [1.54, 1.807) is 0 Å². The number of carbonyl (C=O) groups is 7. The molecule has 4 atom stereocenters. The number of carboxylic acids is 4. The Morgan fingerprint density at radius 2 is 1.06 bits per heavy atom. The predicted octanol–water partition coefficient (Wildman–Crippen LogP) is -2.53. The average Bonchev–Trinajstić information content (AvgIpc) is 2.70. The van der Waals surface area contributed by atoms with Crippen LogP contribution in [0.2, 0.25) is 0 Å². The van der Waals surface area contributed by atoms with Crippen LogP contribution < -0.4 is 21.7 Å². The minimum absolute atomic E-state index is 0.236. The Kier molecular flexibility index (Phi) is 12.7. The Balaban J connectivity index is 5.13. The van der Waals surface area contributed by atoms with Gasteiger partial charge in [0.2, 0.25) is 17.7 Å². The minimum Gasteiger partial charge on any atom is -0.481 e. The standard InChI is InChI=1S/C18H28N4O11/c1-8(15(29)22-11(18(32)33)4-7-14(27)28)20-17(31)10(3-6-13(25)26)21-16(30)9(19)2-5-12(23)24/h8-11H,2-7,19H2,1H3,(H,20,31)(H,21,30)(H,22,29)(H,23,24)(H,25,26)(H,27,28)(H,32,33)/t8-,9-,10-,11-/m1/s1. The molecule has 33 heavy (non-hydrogen) atoms. The predicted molar refractivity (Wildman–Crippen MR) is 108 cm³/mol. The van der Waals surface area contributed by atoms with Crippen molar-refractivity contribution in [3.63, 3.8) is 0 Å². The van der Waals surface area contributed by atoms with Crippen LogP contribution in [0.4, 0.5) is 0 Å². The SMILES string of the molecule is C[C@@H](NC(=O)[C@@H](CCC(=O)O)NC(=O)[C@H](N)CCC(=O)O)C(=O)N[C@H](CCC(=O)O)C(=O)O. The summed E-state index contributed by atoms with van der Waals surface area (Å²) < 4.78 is 0. The summed E-state index contributed by atoms with van der Waals surface area (Å²) in [5.74, 6) is -8.04. The second-order valence-corrected chi connectivity index (χ2v) is 7.09. The molecule has 186 valence electrons. The third-order valence-electron chi connectivity index (χ3n) is 4.30. The van der Waals surface area contributed by atoms with Gasteiger partial charge in [0, 0.05) is 19.3 Å². The van der Waals surface area contributed by atoms with Crippen LogP contribution in [0.25, 0.3) is 0 Å². The molecule has 0 bridgehead atoms. The quantitative estimate of drug-likeness (QED) is 0.115. The minimum atomic E-state index is -1.53. The normalized spacial score (nSPS) is 14.1. The first-order chi connectivity index (χ1) is 15.2. The first-order valence-corrected chi connectivity index (χ1v) is 9.79. The lowest BCUT2D eigenvalue weighted by molar-refractivity contribution is -0.143. The summed E-state index contributed by atoms with van der Waals surface area (Å²) >= 11 is 0. The molecular formula is C18H28N4O11. The van der Waals surface area contributed by atoms with E-state index in [-0.39, 0.29) is 12.8 Å². The van der Waals surface area contributed by atoms with Gasteiger partial charge in [0.1, 0.15) is 18.1 Å². The van der Waals surface area contributed by atoms with Crippen LogP contribution in [-0.2, 0) is 33.6 Å². The lowest BCUT2D eigenvalue weighted by Gasteiger charge is -2.23. The second kappa shape index (κ2) is 14.3. The smallest absolute Gasteiger partial charge is 0.326 e. The van der Waals surface area contributed by atoms with Crippen LogP contribution in [0.5, 0.6) is 0 Å². The number of nitrogens with two attached hydrogens (primary N) is 1. The first-order valence-electron chi connectivity index (χ1n) is 9.79. The van der Waals surface area contributed by atoms with Crippen LogP contribution in [0.1, 0.15) is 45.4 Å². The van der Waals surface area contributed by atoms with E-state index >= 15 is 0 Å². The molecule has 9 N–H and O–H groups in total. The summed E-state index contributed by atoms with van der Waals surface area (Å²) in [5, 5.41) is 41.7. The molecule has 0 aromatic rings. The topological polar surface area (TPSA) is 263 Å². The number of hydrogen-bond donors (Lipinski definition) is 8. The summed E-state index contributed by atoms with van der Waals surface area (Å²) in [4.78, 5) is 80.1. The van der Waals surface area contributed by atoms with Gasteiger partial charge < -0.3 is 42.1 Å². The molecular weight excluding hydrogens is 448 g/mol. The molecule has 0 saturated carbocycles. The van der Waals surface area contributed by atoms with E-state index in [2.05, 4.69) is 16.0 Å². The van der Waals surface area contributed by atoms with Crippen LogP contribution in [-0.4, -0.2) is 86.2 Å². The van der Waals surface area contributed by atoms with Crippen molar-refractivity contribution in [1.82, 2.24) is 16.0 Å². The molecule has 0 aromatic carbocycles. The molecule has 0 saturated heterocycles. The van der Waals surface area contributed by atoms with Gasteiger partial charge in [-0.25, -0.2) is 4.79 Å². The van der Waals surface area contributed by atoms with Gasteiger partial charge >= 0.3 is 23.9 Å². The summed E-state index contributed by atoms with van der Waals surface area (Å²) in [5.41, 5.74) is 5.57. The molecule has 15 nitrogen and oxygen atoms in total. The highest BCUT2D eigenvalue weighted by Crippen LogP contribution is 2.03. The summed E-state index contributed by atoms with van der Waals surface area (Å²) in [6.45, 7) is 1.19. The van der Waals surface area contributed by atoms with E-state index in [0.29, 0.717) is 0 Å². The first kappa shape index (κ1) is 29.2. The summed E-state index contributed by atoms with van der Waals surface area (Å²) in [6.07, 6.45) is -2.47. The van der Waals surface area contributed by atoms with Gasteiger partial charge in [0.05, 0.1) is 6.04 Å². The van der Waals surface area contributed by atoms with Crippen LogP contribution in [0.3, 0.4) is 0 Å². The van der Waals surface area contributed by atoms with Crippen molar-refractivity contribution in [3.05, 3.63) is 0 Å². The number of amides is 3. The van der Waals surface area contributed by atoms with Crippen LogP contribution in [0.15, 0.2) is 0 Å². The van der Waals surface area contributed by atoms with Crippen molar-refractivity contribution < 1.29 is 54.0 Å². The zero-order chi connectivity index (χ0) is 25.7. The molecule has 0 radical (unpaired) electrons. The summed E-state index contributed by atoms with van der Waals surface area (Å²) in [6, 6.07) is -5.56. The molecule has 0 unspecified atom stereocenters. The number of aliphatic carboxylic acids is 4. The van der Waals surface area contributed by atoms with Crippen LogP contribution in [0, 0.1) is 0 Å². The van der Waals surface area contributed by atoms with Crippen molar-refractivity contribution >= 4 is 41.6 Å². The number of rotatable bonds is 16. The molecule has 0 aliphatic carbocycles. The van der Waals surface area contributed by atoms with E-state index < -0.39 is 91.4 Å². The van der Waals surface area contributed by atoms with Crippen LogP contribution >= 0.6 is 0 Å². The van der Waals surface area contributed by atoms with Crippen molar-refractivity contribution in [1.29, 1.82) is 0 Å². The molecule has 15 heteroatoms. The van der Waals surface area contributed by atoms with Gasteiger partial charge in [-0.05, 0) is 26.2 Å². The molecule has 0 rings (SSSR count). The third-order valence-corrected chi connectivity index (χ3v) is 4.30. The van der Waals surface area contributed by atoms with E-state index in [1.807, 2.05) is 0 Å². The molecule has 0 aromatic heterocycles. The van der Waals surface area contributed by atoms with Crippen molar-refractivity contribution in [3.8, 4) is 0 Å². The Morgan fingerprint density at radius 1 is 0.636 bits per heavy atom. The number of hydrogen-bond acceptors (Lipinski definition) is 8. The number of nitrogens with one attached hydrogen (secondary N) is 3. The Morgan fingerprint density at radius 3 is 1.52 bits per heavy atom. The Labute approximate surface area is 187 Å². The maximum Gasteiger partial charge on any atom is 0.326 e. The highest BCUT2D eigenvalue weighted by Gasteiger charge is 2.29. The van der Waals surface area contributed by atoms with Crippen molar-refractivity contribution in [2.24, 2.45) is 5.73 Å². The van der Waals surface area contributed by atoms with Gasteiger partial charge in [0.25, 0.3) is 0 Å².